The summed E-state index contributed by atoms with van der Waals surface area (Å²) in [5, 5.41) is 9.02. The molecule has 1 aromatic rings. The normalized spacial score (nSPS) is 18.3. The summed E-state index contributed by atoms with van der Waals surface area (Å²) in [6, 6.07) is 3.36. The minimum Gasteiger partial charge on any atom is -0.481 e. The third kappa shape index (κ3) is 3.71. The van der Waals surface area contributed by atoms with Crippen molar-refractivity contribution in [2.45, 2.75) is 38.6 Å². The van der Waals surface area contributed by atoms with Crippen LogP contribution in [0.5, 0.6) is 5.75 Å². The van der Waals surface area contributed by atoms with E-state index in [0.717, 1.165) is 32.2 Å². The van der Waals surface area contributed by atoms with Crippen LogP contribution in [0.2, 0.25) is 0 Å². The van der Waals surface area contributed by atoms with Gasteiger partial charge in [0.2, 0.25) is 0 Å². The number of pyridine rings is 1. The van der Waals surface area contributed by atoms with Crippen LogP contribution in [0.4, 0.5) is 0 Å². The smallest absolute Gasteiger partial charge is 0.358 e. The number of ether oxygens (including phenoxy) is 1. The number of aromatic nitrogens is 1. The molecule has 1 saturated heterocycles. The summed E-state index contributed by atoms with van der Waals surface area (Å²) in [6.07, 6.45) is 5.49. The van der Waals surface area contributed by atoms with Gasteiger partial charge < -0.3 is 14.7 Å². The van der Waals surface area contributed by atoms with Gasteiger partial charge in [-0.1, -0.05) is 6.92 Å². The first-order valence-electron chi connectivity index (χ1n) is 7.24. The third-order valence-corrected chi connectivity index (χ3v) is 3.74. The van der Waals surface area contributed by atoms with Gasteiger partial charge in [0.05, 0.1) is 0 Å². The van der Waals surface area contributed by atoms with Crippen LogP contribution in [0.15, 0.2) is 18.3 Å². The number of carboxylic acid groups (broad SMARTS) is 1. The Morgan fingerprint density at radius 3 is 3.00 bits per heavy atom. The molecular weight excluding hydrogens is 272 g/mol. The number of carbonyl (C=O) groups excluding carboxylic acids is 1. The van der Waals surface area contributed by atoms with Crippen LogP contribution in [0.3, 0.4) is 0 Å². The molecule has 6 heteroatoms. The second kappa shape index (κ2) is 7.06. The van der Waals surface area contributed by atoms with Crippen molar-refractivity contribution < 1.29 is 19.4 Å². The predicted octanol–water partition coefficient (Wildman–Crippen LogP) is 1.95. The number of carbonyl (C=O) groups is 2. The number of rotatable bonds is 5. The van der Waals surface area contributed by atoms with Crippen LogP contribution >= 0.6 is 0 Å². The van der Waals surface area contributed by atoms with Crippen LogP contribution in [-0.4, -0.2) is 46.1 Å². The lowest BCUT2D eigenvalue weighted by Crippen LogP contribution is -2.45. The number of piperidine rings is 1. The van der Waals surface area contributed by atoms with Crippen molar-refractivity contribution in [3.63, 3.8) is 0 Å². The fraction of sp³-hybridized carbons (Fsp3) is 0.533. The van der Waals surface area contributed by atoms with Crippen LogP contribution < -0.4 is 4.74 Å². The average molecular weight is 292 g/mol. The van der Waals surface area contributed by atoms with E-state index in [-0.39, 0.29) is 30.0 Å². The topological polar surface area (TPSA) is 79.7 Å². The first-order chi connectivity index (χ1) is 10.1. The van der Waals surface area contributed by atoms with E-state index in [1.165, 1.54) is 12.3 Å². The number of hydrogen-bond donors (Lipinski definition) is 1. The molecule has 1 fully saturated rings. The minimum absolute atomic E-state index is 0.0956. The highest BCUT2D eigenvalue weighted by Crippen LogP contribution is 2.20. The summed E-state index contributed by atoms with van der Waals surface area (Å²) >= 11 is 0. The van der Waals surface area contributed by atoms with E-state index in [4.69, 9.17) is 9.84 Å². The molecule has 1 aliphatic rings. The van der Waals surface area contributed by atoms with Gasteiger partial charge in [-0.2, -0.15) is 0 Å². The molecule has 1 unspecified atom stereocenters. The zero-order chi connectivity index (χ0) is 15.2. The molecule has 1 amide bonds. The fourth-order valence-electron chi connectivity index (χ4n) is 2.64. The fourth-order valence-corrected chi connectivity index (χ4v) is 2.64. The predicted molar refractivity (Wildman–Crippen MR) is 76.3 cm³/mol. The van der Waals surface area contributed by atoms with E-state index < -0.39 is 5.97 Å². The van der Waals surface area contributed by atoms with E-state index in [1.807, 2.05) is 4.90 Å². The maximum atomic E-state index is 12.3. The van der Waals surface area contributed by atoms with E-state index in [1.54, 1.807) is 6.07 Å². The number of likely N-dealkylation sites (tertiary alicyclic amines) is 1. The van der Waals surface area contributed by atoms with Crippen molar-refractivity contribution in [1.29, 1.82) is 0 Å². The van der Waals surface area contributed by atoms with Gasteiger partial charge in [0, 0.05) is 18.8 Å². The summed E-state index contributed by atoms with van der Waals surface area (Å²) in [5.74, 6) is -1.13. The van der Waals surface area contributed by atoms with Gasteiger partial charge in [0.25, 0.3) is 5.91 Å². The SMILES string of the molecule is CCC1CCCCN1C(=O)COc1cccnc1C(=O)O. The molecule has 0 spiro atoms. The van der Waals surface area contributed by atoms with Crippen LogP contribution in [0, 0.1) is 0 Å². The molecular formula is C15H20N2O4. The first-order valence-corrected chi connectivity index (χ1v) is 7.24. The number of nitrogens with zero attached hydrogens (tertiary/aromatic N) is 2. The van der Waals surface area contributed by atoms with Crippen molar-refractivity contribution >= 4 is 11.9 Å². The molecule has 0 radical (unpaired) electrons. The van der Waals surface area contributed by atoms with Crippen molar-refractivity contribution in [3.05, 3.63) is 24.0 Å². The Morgan fingerprint density at radius 1 is 1.48 bits per heavy atom. The second-order valence-corrected chi connectivity index (χ2v) is 5.09. The maximum Gasteiger partial charge on any atom is 0.358 e. The quantitative estimate of drug-likeness (QED) is 0.897. The summed E-state index contributed by atoms with van der Waals surface area (Å²) in [5.41, 5.74) is -0.170. The molecule has 6 nitrogen and oxygen atoms in total. The van der Waals surface area contributed by atoms with Gasteiger partial charge >= 0.3 is 5.97 Å². The Balaban J connectivity index is 1.99. The largest absolute Gasteiger partial charge is 0.481 e. The van der Waals surface area contributed by atoms with Gasteiger partial charge in [0.1, 0.15) is 0 Å². The number of aromatic carboxylic acids is 1. The Kier molecular flexibility index (Phi) is 5.14. The summed E-state index contributed by atoms with van der Waals surface area (Å²) < 4.78 is 5.37. The lowest BCUT2D eigenvalue weighted by atomic mass is 10.00. The van der Waals surface area contributed by atoms with Gasteiger partial charge in [-0.3, -0.25) is 4.79 Å². The standard InChI is InChI=1S/C15H20N2O4/c1-2-11-6-3-4-9-17(11)13(18)10-21-12-7-5-8-16-14(12)15(19)20/h5,7-8,11H,2-4,6,9-10H2,1H3,(H,19,20). The van der Waals surface area contributed by atoms with Gasteiger partial charge in [-0.05, 0) is 37.8 Å². The second-order valence-electron chi connectivity index (χ2n) is 5.09. The average Bonchev–Trinajstić information content (AvgIpc) is 2.52. The number of amides is 1. The molecule has 21 heavy (non-hydrogen) atoms. The highest BCUT2D eigenvalue weighted by atomic mass is 16.5. The molecule has 0 bridgehead atoms. The van der Waals surface area contributed by atoms with Crippen LogP contribution in [0.25, 0.3) is 0 Å². The van der Waals surface area contributed by atoms with Crippen LogP contribution in [0.1, 0.15) is 43.1 Å². The van der Waals surface area contributed by atoms with E-state index in [0.29, 0.717) is 0 Å². The lowest BCUT2D eigenvalue weighted by Gasteiger charge is -2.35. The summed E-state index contributed by atoms with van der Waals surface area (Å²) in [6.45, 7) is 2.67. The van der Waals surface area contributed by atoms with Crippen molar-refractivity contribution in [3.8, 4) is 5.75 Å². The number of carboxylic acids is 1. The Bertz CT molecular complexity index is 518. The van der Waals surface area contributed by atoms with Gasteiger partial charge in [0.15, 0.2) is 18.1 Å². The number of hydrogen-bond acceptors (Lipinski definition) is 4. The van der Waals surface area contributed by atoms with E-state index in [2.05, 4.69) is 11.9 Å². The molecule has 0 saturated carbocycles. The molecule has 0 aromatic carbocycles. The third-order valence-electron chi connectivity index (χ3n) is 3.74. The lowest BCUT2D eigenvalue weighted by molar-refractivity contribution is -0.137. The molecule has 0 aliphatic carbocycles. The van der Waals surface area contributed by atoms with Gasteiger partial charge in [-0.15, -0.1) is 0 Å². The maximum absolute atomic E-state index is 12.3. The van der Waals surface area contributed by atoms with Crippen molar-refractivity contribution in [1.82, 2.24) is 9.88 Å². The molecule has 2 heterocycles. The highest BCUT2D eigenvalue weighted by Gasteiger charge is 2.25. The monoisotopic (exact) mass is 292 g/mol. The summed E-state index contributed by atoms with van der Waals surface area (Å²) in [7, 11) is 0. The molecule has 1 N–H and O–H groups in total. The highest BCUT2D eigenvalue weighted by molar-refractivity contribution is 5.88. The Morgan fingerprint density at radius 2 is 2.29 bits per heavy atom. The minimum atomic E-state index is -1.16. The summed E-state index contributed by atoms with van der Waals surface area (Å²) in [4.78, 5) is 28.9. The zero-order valence-corrected chi connectivity index (χ0v) is 12.1. The van der Waals surface area contributed by atoms with Crippen LogP contribution in [-0.2, 0) is 4.79 Å². The van der Waals surface area contributed by atoms with E-state index >= 15 is 0 Å². The molecule has 1 aromatic heterocycles. The van der Waals surface area contributed by atoms with Crippen molar-refractivity contribution in [2.75, 3.05) is 13.2 Å². The molecule has 1 atom stereocenters. The molecule has 114 valence electrons. The van der Waals surface area contributed by atoms with Crippen molar-refractivity contribution in [2.24, 2.45) is 0 Å². The van der Waals surface area contributed by atoms with Gasteiger partial charge in [-0.25, -0.2) is 9.78 Å². The van der Waals surface area contributed by atoms with E-state index in [9.17, 15) is 9.59 Å². The Hall–Kier alpha value is -2.11. The molecule has 2 rings (SSSR count). The molecule has 1 aliphatic heterocycles. The zero-order valence-electron chi connectivity index (χ0n) is 12.1. The first kappa shape index (κ1) is 15.3. The Labute approximate surface area is 123 Å².